The van der Waals surface area contributed by atoms with Gasteiger partial charge in [-0.15, -0.1) is 0 Å². The Morgan fingerprint density at radius 3 is 2.72 bits per heavy atom. The van der Waals surface area contributed by atoms with Gasteiger partial charge in [-0.25, -0.2) is 0 Å². The number of aryl methyl sites for hydroxylation is 2. The van der Waals surface area contributed by atoms with Gasteiger partial charge < -0.3 is 0 Å². The molecule has 2 aromatic heterocycles. The van der Waals surface area contributed by atoms with Crippen LogP contribution in [0.3, 0.4) is 0 Å². The van der Waals surface area contributed by atoms with E-state index in [2.05, 4.69) is 15.5 Å². The van der Waals surface area contributed by atoms with Crippen LogP contribution in [0.2, 0.25) is 0 Å². The molecule has 1 atom stereocenters. The van der Waals surface area contributed by atoms with Crippen LogP contribution < -0.4 is 11.3 Å². The van der Waals surface area contributed by atoms with Gasteiger partial charge in [-0.05, 0) is 36.6 Å². The quantitative estimate of drug-likeness (QED) is 0.584. The molecular formula is C13H19N5. The molecule has 5 nitrogen and oxygen atoms in total. The predicted octanol–water partition coefficient (Wildman–Crippen LogP) is 0.822. The van der Waals surface area contributed by atoms with Crippen LogP contribution in [0, 0.1) is 0 Å². The molecule has 0 aliphatic heterocycles. The standard InChI is InChI=1S/C13H19N5/c1-18-9-6-13(17-18)10-12(16-14)3-2-11-4-7-15-8-5-11/h4-9,12,16H,2-3,10,14H2,1H3. The van der Waals surface area contributed by atoms with E-state index in [1.807, 2.05) is 48.5 Å². The van der Waals surface area contributed by atoms with Crippen molar-refractivity contribution in [2.75, 3.05) is 0 Å². The second kappa shape index (κ2) is 6.28. The summed E-state index contributed by atoms with van der Waals surface area (Å²) in [6, 6.07) is 6.34. The topological polar surface area (TPSA) is 68.8 Å². The van der Waals surface area contributed by atoms with Crippen molar-refractivity contribution in [2.45, 2.75) is 25.3 Å². The van der Waals surface area contributed by atoms with Crippen LogP contribution in [0.5, 0.6) is 0 Å². The maximum Gasteiger partial charge on any atom is 0.0640 e. The van der Waals surface area contributed by atoms with Crippen LogP contribution >= 0.6 is 0 Å². The fourth-order valence-electron chi connectivity index (χ4n) is 1.96. The van der Waals surface area contributed by atoms with Crippen molar-refractivity contribution in [1.29, 1.82) is 0 Å². The molecule has 0 fully saturated rings. The summed E-state index contributed by atoms with van der Waals surface area (Å²) in [6.45, 7) is 0. The number of pyridine rings is 1. The third-order valence-electron chi connectivity index (χ3n) is 2.99. The molecule has 5 heteroatoms. The smallest absolute Gasteiger partial charge is 0.0640 e. The van der Waals surface area contributed by atoms with Crippen molar-refractivity contribution in [3.63, 3.8) is 0 Å². The Bertz CT molecular complexity index is 465. The van der Waals surface area contributed by atoms with E-state index in [0.29, 0.717) is 0 Å². The van der Waals surface area contributed by atoms with Gasteiger partial charge in [-0.3, -0.25) is 20.9 Å². The first-order chi connectivity index (χ1) is 8.78. The average Bonchev–Trinajstić information content (AvgIpc) is 2.81. The molecule has 2 heterocycles. The summed E-state index contributed by atoms with van der Waals surface area (Å²) in [5.41, 5.74) is 5.21. The van der Waals surface area contributed by atoms with E-state index in [4.69, 9.17) is 5.84 Å². The maximum atomic E-state index is 5.59. The van der Waals surface area contributed by atoms with Crippen LogP contribution in [0.4, 0.5) is 0 Å². The van der Waals surface area contributed by atoms with Crippen LogP contribution in [0.25, 0.3) is 0 Å². The lowest BCUT2D eigenvalue weighted by Gasteiger charge is -2.14. The van der Waals surface area contributed by atoms with Crippen LogP contribution in [-0.2, 0) is 19.9 Å². The van der Waals surface area contributed by atoms with Gasteiger partial charge in [0, 0.05) is 38.1 Å². The van der Waals surface area contributed by atoms with Crippen LogP contribution in [0.1, 0.15) is 17.7 Å². The second-order valence-corrected chi connectivity index (χ2v) is 4.44. The minimum atomic E-state index is 0.244. The van der Waals surface area contributed by atoms with E-state index in [9.17, 15) is 0 Å². The van der Waals surface area contributed by atoms with Gasteiger partial charge in [-0.2, -0.15) is 5.10 Å². The van der Waals surface area contributed by atoms with Gasteiger partial charge in [0.25, 0.3) is 0 Å². The van der Waals surface area contributed by atoms with Gasteiger partial charge in [0.15, 0.2) is 0 Å². The molecular weight excluding hydrogens is 226 g/mol. The van der Waals surface area contributed by atoms with E-state index in [0.717, 1.165) is 25.0 Å². The number of hydrogen-bond donors (Lipinski definition) is 2. The molecule has 0 spiro atoms. The molecule has 0 amide bonds. The number of nitrogens with zero attached hydrogens (tertiary/aromatic N) is 3. The Labute approximate surface area is 107 Å². The third kappa shape index (κ3) is 3.65. The Kier molecular flexibility index (Phi) is 4.44. The highest BCUT2D eigenvalue weighted by Gasteiger charge is 2.09. The number of nitrogens with two attached hydrogens (primary N) is 1. The molecule has 1 unspecified atom stereocenters. The first-order valence-corrected chi connectivity index (χ1v) is 6.11. The zero-order valence-electron chi connectivity index (χ0n) is 10.6. The summed E-state index contributed by atoms with van der Waals surface area (Å²) in [5.74, 6) is 5.59. The van der Waals surface area contributed by atoms with Crippen LogP contribution in [0.15, 0.2) is 36.8 Å². The van der Waals surface area contributed by atoms with Crippen molar-refractivity contribution in [3.8, 4) is 0 Å². The van der Waals surface area contributed by atoms with E-state index < -0.39 is 0 Å². The third-order valence-corrected chi connectivity index (χ3v) is 2.99. The summed E-state index contributed by atoms with van der Waals surface area (Å²) in [6.07, 6.45) is 8.41. The lowest BCUT2D eigenvalue weighted by Crippen LogP contribution is -2.37. The number of aromatic nitrogens is 3. The lowest BCUT2D eigenvalue weighted by atomic mass is 10.0. The van der Waals surface area contributed by atoms with Gasteiger partial charge >= 0.3 is 0 Å². The Balaban J connectivity index is 1.86. The zero-order valence-corrected chi connectivity index (χ0v) is 10.6. The highest BCUT2D eigenvalue weighted by molar-refractivity contribution is 5.10. The Morgan fingerprint density at radius 1 is 1.33 bits per heavy atom. The highest BCUT2D eigenvalue weighted by atomic mass is 15.3. The first-order valence-electron chi connectivity index (χ1n) is 6.11. The minimum absolute atomic E-state index is 0.244. The zero-order chi connectivity index (χ0) is 12.8. The van der Waals surface area contributed by atoms with Crippen molar-refractivity contribution >= 4 is 0 Å². The summed E-state index contributed by atoms with van der Waals surface area (Å²) < 4.78 is 1.81. The second-order valence-electron chi connectivity index (χ2n) is 4.44. The number of nitrogens with one attached hydrogen (secondary N) is 1. The van der Waals surface area contributed by atoms with E-state index in [1.54, 1.807) is 0 Å². The fourth-order valence-corrected chi connectivity index (χ4v) is 1.96. The molecule has 2 aromatic rings. The molecule has 0 radical (unpaired) electrons. The summed E-state index contributed by atoms with van der Waals surface area (Å²) >= 11 is 0. The predicted molar refractivity (Wildman–Crippen MR) is 70.6 cm³/mol. The molecule has 0 saturated heterocycles. The molecule has 18 heavy (non-hydrogen) atoms. The van der Waals surface area contributed by atoms with Gasteiger partial charge in [0.2, 0.25) is 0 Å². The monoisotopic (exact) mass is 245 g/mol. The number of hydrazine groups is 1. The average molecular weight is 245 g/mol. The number of rotatable bonds is 6. The van der Waals surface area contributed by atoms with E-state index >= 15 is 0 Å². The van der Waals surface area contributed by atoms with E-state index in [-0.39, 0.29) is 6.04 Å². The molecule has 96 valence electrons. The molecule has 0 aliphatic carbocycles. The van der Waals surface area contributed by atoms with Gasteiger partial charge in [0.05, 0.1) is 5.69 Å². The maximum absolute atomic E-state index is 5.59. The summed E-state index contributed by atoms with van der Waals surface area (Å²) in [7, 11) is 1.92. The van der Waals surface area contributed by atoms with Crippen molar-refractivity contribution in [3.05, 3.63) is 48.0 Å². The van der Waals surface area contributed by atoms with Crippen LogP contribution in [-0.4, -0.2) is 20.8 Å². The largest absolute Gasteiger partial charge is 0.276 e. The molecule has 0 aromatic carbocycles. The van der Waals surface area contributed by atoms with Crippen molar-refractivity contribution < 1.29 is 0 Å². The molecule has 2 rings (SSSR count). The SMILES string of the molecule is Cn1ccc(CC(CCc2ccncc2)NN)n1. The highest BCUT2D eigenvalue weighted by Crippen LogP contribution is 2.07. The van der Waals surface area contributed by atoms with Gasteiger partial charge in [-0.1, -0.05) is 0 Å². The fraction of sp³-hybridized carbons (Fsp3) is 0.385. The van der Waals surface area contributed by atoms with Gasteiger partial charge in [0.1, 0.15) is 0 Å². The minimum Gasteiger partial charge on any atom is -0.276 e. The Morgan fingerprint density at radius 2 is 2.11 bits per heavy atom. The lowest BCUT2D eigenvalue weighted by molar-refractivity contribution is 0.484. The van der Waals surface area contributed by atoms with Crippen molar-refractivity contribution in [2.24, 2.45) is 12.9 Å². The normalized spacial score (nSPS) is 12.6. The molecule has 3 N–H and O–H groups in total. The molecule has 0 aliphatic rings. The van der Waals surface area contributed by atoms with Crippen molar-refractivity contribution in [1.82, 2.24) is 20.2 Å². The molecule has 0 bridgehead atoms. The molecule has 0 saturated carbocycles. The summed E-state index contributed by atoms with van der Waals surface area (Å²) in [4.78, 5) is 4.01. The Hall–Kier alpha value is -1.72. The number of hydrogen-bond acceptors (Lipinski definition) is 4. The first kappa shape index (κ1) is 12.7. The van der Waals surface area contributed by atoms with E-state index in [1.165, 1.54) is 5.56 Å². The summed E-state index contributed by atoms with van der Waals surface area (Å²) in [5, 5.41) is 4.36.